The average molecular weight is 483 g/mol. The van der Waals surface area contributed by atoms with E-state index < -0.39 is 17.7 Å². The number of anilines is 2. The first-order chi connectivity index (χ1) is 17.0. The summed E-state index contributed by atoms with van der Waals surface area (Å²) in [6.07, 6.45) is 5.70. The molecule has 4 rings (SSSR count). The lowest BCUT2D eigenvalue weighted by atomic mass is 9.94. The summed E-state index contributed by atoms with van der Waals surface area (Å²) in [5.41, 5.74) is -1.38. The number of nitrogens with zero attached hydrogens (tertiary/aromatic N) is 2. The topological polar surface area (TPSA) is 103 Å². The number of ether oxygens (including phenoxy) is 2. The summed E-state index contributed by atoms with van der Waals surface area (Å²) in [5, 5.41) is 17.6. The minimum absolute atomic E-state index is 0.238. The Labute approximate surface area is 206 Å². The maximum absolute atomic E-state index is 13.6. The quantitative estimate of drug-likeness (QED) is 0.499. The van der Waals surface area contributed by atoms with E-state index in [0.717, 1.165) is 31.0 Å². The molecule has 1 saturated heterocycles. The Bertz CT molecular complexity index is 1050. The van der Waals surface area contributed by atoms with Gasteiger partial charge in [-0.1, -0.05) is 31.0 Å². The van der Waals surface area contributed by atoms with Gasteiger partial charge in [0, 0.05) is 18.2 Å². The fourth-order valence-electron chi connectivity index (χ4n) is 4.80. The van der Waals surface area contributed by atoms with Gasteiger partial charge in [0.1, 0.15) is 11.5 Å². The Balaban J connectivity index is 1.60. The van der Waals surface area contributed by atoms with Crippen molar-refractivity contribution in [3.63, 3.8) is 0 Å². The van der Waals surface area contributed by atoms with Crippen LogP contribution in [-0.4, -0.2) is 62.3 Å². The number of benzene rings is 2. The van der Waals surface area contributed by atoms with Crippen LogP contribution >= 0.6 is 0 Å². The van der Waals surface area contributed by atoms with Gasteiger partial charge in [0.2, 0.25) is 0 Å². The first-order valence-corrected chi connectivity index (χ1v) is 12.1. The Morgan fingerprint density at radius 2 is 1.83 bits per heavy atom. The molecule has 0 saturated carbocycles. The zero-order chi connectivity index (χ0) is 24.8. The van der Waals surface area contributed by atoms with Crippen LogP contribution in [0.3, 0.4) is 0 Å². The van der Waals surface area contributed by atoms with E-state index in [1.165, 1.54) is 39.9 Å². The molecule has 188 valence electrons. The Hall–Kier alpha value is -3.30. The molecule has 0 unspecified atom stereocenters. The molecule has 0 aromatic heterocycles. The minimum Gasteiger partial charge on any atom is -0.497 e. The van der Waals surface area contributed by atoms with Gasteiger partial charge in [-0.15, -0.1) is 0 Å². The molecule has 2 aromatic rings. The number of hydrogen-bond acceptors (Lipinski definition) is 6. The smallest absolute Gasteiger partial charge is 0.329 e. The van der Waals surface area contributed by atoms with Crippen molar-refractivity contribution in [3.05, 3.63) is 48.0 Å². The summed E-state index contributed by atoms with van der Waals surface area (Å²) >= 11 is 0. The second-order valence-corrected chi connectivity index (χ2v) is 8.89. The highest BCUT2D eigenvalue weighted by Gasteiger charge is 2.52. The highest BCUT2D eigenvalue weighted by Crippen LogP contribution is 2.43. The SMILES string of the molecule is COc1ccc(N2C(=O)Nc3ccccc3[C@@]2(O)C(=O)NCCCN2CCCCCC2)c(OC)c1. The number of fused-ring (bicyclic) bond motifs is 1. The van der Waals surface area contributed by atoms with E-state index in [1.54, 1.807) is 42.5 Å². The molecule has 3 amide bonds. The van der Waals surface area contributed by atoms with Gasteiger partial charge in [-0.25, -0.2) is 9.69 Å². The standard InChI is InChI=1S/C26H34N4O5/c1-34-19-12-13-22(23(18-19)35-2)30-25(32)28-21-11-6-5-10-20(21)26(30,33)24(31)27-14-9-17-29-15-7-3-4-8-16-29/h5-6,10-13,18,33H,3-4,7-9,14-17H2,1-2H3,(H,27,31)(H,28,32)/t26-/m1/s1. The van der Waals surface area contributed by atoms with Gasteiger partial charge in [0.25, 0.3) is 11.6 Å². The molecule has 35 heavy (non-hydrogen) atoms. The van der Waals surface area contributed by atoms with Gasteiger partial charge in [0.15, 0.2) is 0 Å². The molecule has 0 spiro atoms. The van der Waals surface area contributed by atoms with E-state index in [4.69, 9.17) is 9.47 Å². The van der Waals surface area contributed by atoms with Crippen molar-refractivity contribution in [2.45, 2.75) is 37.8 Å². The number of amides is 3. The predicted molar refractivity (Wildman–Crippen MR) is 134 cm³/mol. The number of hydrogen-bond donors (Lipinski definition) is 3. The zero-order valence-corrected chi connectivity index (χ0v) is 20.4. The molecule has 0 aliphatic carbocycles. The van der Waals surface area contributed by atoms with E-state index in [-0.39, 0.29) is 17.0 Å². The third kappa shape index (κ3) is 5.06. The number of carbonyl (C=O) groups excluding carboxylic acids is 2. The van der Waals surface area contributed by atoms with Crippen molar-refractivity contribution in [2.75, 3.05) is 50.6 Å². The van der Waals surface area contributed by atoms with E-state index in [0.29, 0.717) is 18.0 Å². The van der Waals surface area contributed by atoms with E-state index >= 15 is 0 Å². The normalized spacial score (nSPS) is 20.4. The second kappa shape index (κ2) is 11.0. The van der Waals surface area contributed by atoms with Crippen molar-refractivity contribution in [2.24, 2.45) is 0 Å². The van der Waals surface area contributed by atoms with Crippen LogP contribution < -0.4 is 25.0 Å². The number of likely N-dealkylation sites (tertiary alicyclic amines) is 1. The van der Waals surface area contributed by atoms with Crippen LogP contribution in [0.2, 0.25) is 0 Å². The van der Waals surface area contributed by atoms with Gasteiger partial charge in [-0.2, -0.15) is 0 Å². The summed E-state index contributed by atoms with van der Waals surface area (Å²) < 4.78 is 10.7. The predicted octanol–water partition coefficient (Wildman–Crippen LogP) is 3.28. The lowest BCUT2D eigenvalue weighted by molar-refractivity contribution is -0.140. The molecule has 0 radical (unpaired) electrons. The molecular weight excluding hydrogens is 448 g/mol. The first-order valence-electron chi connectivity index (χ1n) is 12.1. The maximum atomic E-state index is 13.6. The molecule has 3 N–H and O–H groups in total. The largest absolute Gasteiger partial charge is 0.497 e. The van der Waals surface area contributed by atoms with E-state index in [1.807, 2.05) is 0 Å². The van der Waals surface area contributed by atoms with E-state index in [9.17, 15) is 14.7 Å². The summed E-state index contributed by atoms with van der Waals surface area (Å²) in [6.45, 7) is 3.42. The van der Waals surface area contributed by atoms with Crippen LogP contribution in [0, 0.1) is 0 Å². The van der Waals surface area contributed by atoms with Gasteiger partial charge in [-0.05, 0) is 57.1 Å². The van der Waals surface area contributed by atoms with Crippen LogP contribution in [-0.2, 0) is 10.5 Å². The summed E-state index contributed by atoms with van der Waals surface area (Å²) in [6, 6.07) is 10.9. The lowest BCUT2D eigenvalue weighted by Gasteiger charge is -2.43. The van der Waals surface area contributed by atoms with Crippen LogP contribution in [0.5, 0.6) is 11.5 Å². The number of urea groups is 1. The van der Waals surface area contributed by atoms with Crippen LogP contribution in [0.15, 0.2) is 42.5 Å². The monoisotopic (exact) mass is 482 g/mol. The summed E-state index contributed by atoms with van der Waals surface area (Å²) in [7, 11) is 2.98. The van der Waals surface area contributed by atoms with Crippen LogP contribution in [0.4, 0.5) is 16.2 Å². The third-order valence-electron chi connectivity index (χ3n) is 6.65. The van der Waals surface area contributed by atoms with Gasteiger partial charge < -0.3 is 30.1 Å². The fourth-order valence-corrected chi connectivity index (χ4v) is 4.80. The van der Waals surface area contributed by atoms with Gasteiger partial charge in [0.05, 0.1) is 25.6 Å². The number of nitrogens with one attached hydrogen (secondary N) is 2. The van der Waals surface area contributed by atoms with Crippen molar-refractivity contribution in [3.8, 4) is 11.5 Å². The molecule has 9 nitrogen and oxygen atoms in total. The number of para-hydroxylation sites is 1. The number of aliphatic hydroxyl groups is 1. The number of carbonyl (C=O) groups is 2. The van der Waals surface area contributed by atoms with Crippen molar-refractivity contribution < 1.29 is 24.2 Å². The zero-order valence-electron chi connectivity index (χ0n) is 20.4. The number of rotatable bonds is 8. The van der Waals surface area contributed by atoms with Crippen molar-refractivity contribution in [1.82, 2.24) is 10.2 Å². The average Bonchev–Trinajstić information content (AvgIpc) is 3.15. The Kier molecular flexibility index (Phi) is 7.77. The van der Waals surface area contributed by atoms with Crippen molar-refractivity contribution in [1.29, 1.82) is 0 Å². The second-order valence-electron chi connectivity index (χ2n) is 8.89. The Morgan fingerprint density at radius 3 is 2.54 bits per heavy atom. The highest BCUT2D eigenvalue weighted by atomic mass is 16.5. The molecular formula is C26H34N4O5. The molecule has 2 aliphatic heterocycles. The van der Waals surface area contributed by atoms with Gasteiger partial charge in [-0.3, -0.25) is 4.79 Å². The molecule has 0 bridgehead atoms. The molecule has 9 heteroatoms. The van der Waals surface area contributed by atoms with E-state index in [2.05, 4.69) is 15.5 Å². The molecule has 1 fully saturated rings. The van der Waals surface area contributed by atoms with Crippen LogP contribution in [0.25, 0.3) is 0 Å². The molecule has 2 aromatic carbocycles. The lowest BCUT2D eigenvalue weighted by Crippen LogP contribution is -2.62. The first kappa shape index (κ1) is 24.8. The van der Waals surface area contributed by atoms with Crippen LogP contribution in [0.1, 0.15) is 37.7 Å². The molecule has 1 atom stereocenters. The maximum Gasteiger partial charge on any atom is 0.329 e. The molecule has 2 heterocycles. The van der Waals surface area contributed by atoms with Crippen molar-refractivity contribution >= 4 is 23.3 Å². The van der Waals surface area contributed by atoms with Gasteiger partial charge >= 0.3 is 6.03 Å². The summed E-state index contributed by atoms with van der Waals surface area (Å²) in [5.74, 6) is 0.129. The summed E-state index contributed by atoms with van der Waals surface area (Å²) in [4.78, 5) is 30.3. The third-order valence-corrected chi connectivity index (χ3v) is 6.65. The minimum atomic E-state index is -2.27. The Morgan fingerprint density at radius 1 is 1.09 bits per heavy atom. The highest BCUT2D eigenvalue weighted by molar-refractivity contribution is 6.12. The fraction of sp³-hybridized carbons (Fsp3) is 0.462. The molecule has 2 aliphatic rings. The number of methoxy groups -OCH3 is 2.